The van der Waals surface area contributed by atoms with E-state index in [2.05, 4.69) is 5.43 Å². The lowest BCUT2D eigenvalue weighted by Gasteiger charge is -2.20. The van der Waals surface area contributed by atoms with Crippen molar-refractivity contribution in [2.24, 2.45) is 5.84 Å². The number of methoxy groups -OCH3 is 1. The first kappa shape index (κ1) is 13.0. The highest BCUT2D eigenvalue weighted by atomic mass is 19.1. The van der Waals surface area contributed by atoms with Crippen molar-refractivity contribution in [3.05, 3.63) is 35.4 Å². The molecule has 0 aliphatic rings. The maximum absolute atomic E-state index is 13.0. The van der Waals surface area contributed by atoms with Gasteiger partial charge >= 0.3 is 0 Å². The van der Waals surface area contributed by atoms with Crippen LogP contribution in [-0.2, 0) is 4.74 Å². The maximum Gasteiger partial charge on any atom is 0.126 e. The number of benzene rings is 1. The Balaban J connectivity index is 2.86. The summed E-state index contributed by atoms with van der Waals surface area (Å²) in [5.41, 5.74) is 3.00. The van der Waals surface area contributed by atoms with Gasteiger partial charge in [0.15, 0.2) is 0 Å². The van der Waals surface area contributed by atoms with Gasteiger partial charge in [0.2, 0.25) is 0 Å². The third-order valence-corrected chi connectivity index (χ3v) is 2.46. The number of halogens is 2. The van der Waals surface area contributed by atoms with Crippen LogP contribution in [0.5, 0.6) is 0 Å². The topological polar surface area (TPSA) is 47.3 Å². The molecule has 0 bridgehead atoms. The Morgan fingerprint density at radius 3 is 2.31 bits per heavy atom. The van der Waals surface area contributed by atoms with Gasteiger partial charge in [0.05, 0.1) is 6.10 Å². The summed E-state index contributed by atoms with van der Waals surface area (Å²) in [5, 5.41) is 0. The van der Waals surface area contributed by atoms with Crippen LogP contribution < -0.4 is 11.3 Å². The van der Waals surface area contributed by atoms with Gasteiger partial charge in [-0.1, -0.05) is 0 Å². The summed E-state index contributed by atoms with van der Waals surface area (Å²) in [7, 11) is 1.57. The fourth-order valence-electron chi connectivity index (χ4n) is 1.50. The molecular formula is C11H16F2N2O. The van der Waals surface area contributed by atoms with Gasteiger partial charge in [0.25, 0.3) is 0 Å². The monoisotopic (exact) mass is 230 g/mol. The molecule has 0 aromatic heterocycles. The molecular weight excluding hydrogens is 214 g/mol. The van der Waals surface area contributed by atoms with E-state index in [0.29, 0.717) is 12.0 Å². The van der Waals surface area contributed by atoms with E-state index >= 15 is 0 Å². The molecule has 2 atom stereocenters. The molecule has 16 heavy (non-hydrogen) atoms. The Morgan fingerprint density at radius 1 is 1.31 bits per heavy atom. The highest BCUT2D eigenvalue weighted by Gasteiger charge is 2.15. The lowest BCUT2D eigenvalue weighted by molar-refractivity contribution is 0.100. The molecule has 0 fully saturated rings. The molecule has 0 saturated heterocycles. The Labute approximate surface area is 93.6 Å². The normalized spacial score (nSPS) is 14.8. The van der Waals surface area contributed by atoms with Gasteiger partial charge in [0.1, 0.15) is 11.6 Å². The lowest BCUT2D eigenvalue weighted by atomic mass is 10.0. The van der Waals surface area contributed by atoms with Crippen molar-refractivity contribution in [1.29, 1.82) is 0 Å². The summed E-state index contributed by atoms with van der Waals surface area (Å²) in [4.78, 5) is 0. The number of nitrogens with two attached hydrogens (primary N) is 1. The number of hydrogen-bond donors (Lipinski definition) is 2. The van der Waals surface area contributed by atoms with E-state index in [9.17, 15) is 8.78 Å². The van der Waals surface area contributed by atoms with Gasteiger partial charge in [-0.3, -0.25) is 11.3 Å². The van der Waals surface area contributed by atoms with Crippen LogP contribution in [-0.4, -0.2) is 13.2 Å². The van der Waals surface area contributed by atoms with Gasteiger partial charge in [0, 0.05) is 19.2 Å². The lowest BCUT2D eigenvalue weighted by Crippen LogP contribution is -2.31. The molecule has 0 amide bonds. The summed E-state index contributed by atoms with van der Waals surface area (Å²) in [6, 6.07) is 3.02. The first-order chi connectivity index (χ1) is 7.56. The van der Waals surface area contributed by atoms with Crippen molar-refractivity contribution < 1.29 is 13.5 Å². The summed E-state index contributed by atoms with van der Waals surface area (Å²) in [6.07, 6.45) is 0.489. The average Bonchev–Trinajstić information content (AvgIpc) is 2.24. The molecule has 2 unspecified atom stereocenters. The highest BCUT2D eigenvalue weighted by molar-refractivity contribution is 5.21. The fourth-order valence-corrected chi connectivity index (χ4v) is 1.50. The van der Waals surface area contributed by atoms with Crippen LogP contribution in [0.1, 0.15) is 24.9 Å². The number of hydrazine groups is 1. The second-order valence-corrected chi connectivity index (χ2v) is 3.70. The van der Waals surface area contributed by atoms with E-state index in [0.717, 1.165) is 6.07 Å². The smallest absolute Gasteiger partial charge is 0.126 e. The van der Waals surface area contributed by atoms with E-state index < -0.39 is 11.6 Å². The first-order valence-corrected chi connectivity index (χ1v) is 5.01. The zero-order valence-corrected chi connectivity index (χ0v) is 9.34. The van der Waals surface area contributed by atoms with E-state index in [1.165, 1.54) is 12.1 Å². The van der Waals surface area contributed by atoms with E-state index in [4.69, 9.17) is 10.6 Å². The highest BCUT2D eigenvalue weighted by Crippen LogP contribution is 2.20. The number of hydrogen-bond acceptors (Lipinski definition) is 3. The third kappa shape index (κ3) is 3.52. The zero-order valence-electron chi connectivity index (χ0n) is 9.34. The van der Waals surface area contributed by atoms with E-state index in [1.54, 1.807) is 7.11 Å². The predicted molar refractivity (Wildman–Crippen MR) is 57.5 cm³/mol. The molecule has 0 aliphatic carbocycles. The van der Waals surface area contributed by atoms with E-state index in [1.807, 2.05) is 6.92 Å². The van der Waals surface area contributed by atoms with Gasteiger partial charge in [-0.2, -0.15) is 0 Å². The Kier molecular flexibility index (Phi) is 4.79. The third-order valence-electron chi connectivity index (χ3n) is 2.46. The molecule has 0 spiro atoms. The number of nitrogens with one attached hydrogen (secondary N) is 1. The Bertz CT molecular complexity index is 327. The van der Waals surface area contributed by atoms with E-state index in [-0.39, 0.29) is 12.1 Å². The minimum absolute atomic E-state index is 0.0487. The van der Waals surface area contributed by atoms with Gasteiger partial charge in [-0.25, -0.2) is 8.78 Å². The van der Waals surface area contributed by atoms with Gasteiger partial charge in [-0.15, -0.1) is 0 Å². The summed E-state index contributed by atoms with van der Waals surface area (Å²) in [5.74, 6) is 4.14. The Hall–Kier alpha value is -1.04. The molecule has 0 saturated carbocycles. The second-order valence-electron chi connectivity index (χ2n) is 3.70. The summed E-state index contributed by atoms with van der Waals surface area (Å²) < 4.78 is 31.1. The van der Waals surface area contributed by atoms with Crippen molar-refractivity contribution >= 4 is 0 Å². The summed E-state index contributed by atoms with van der Waals surface area (Å²) in [6.45, 7) is 1.86. The molecule has 0 aliphatic heterocycles. The van der Waals surface area contributed by atoms with Crippen LogP contribution in [0.4, 0.5) is 8.78 Å². The van der Waals surface area contributed by atoms with Crippen LogP contribution in [0.25, 0.3) is 0 Å². The number of ether oxygens (including phenoxy) is 1. The van der Waals surface area contributed by atoms with Crippen LogP contribution in [0.3, 0.4) is 0 Å². The van der Waals surface area contributed by atoms with Crippen molar-refractivity contribution in [3.63, 3.8) is 0 Å². The maximum atomic E-state index is 13.0. The fraction of sp³-hybridized carbons (Fsp3) is 0.455. The average molecular weight is 230 g/mol. The number of rotatable bonds is 5. The standard InChI is InChI=1S/C11H16F2N2O/c1-7(16-2)3-11(15-14)8-4-9(12)6-10(13)5-8/h4-7,11,15H,3,14H2,1-2H3. The van der Waals surface area contributed by atoms with Gasteiger partial charge < -0.3 is 4.74 Å². The molecule has 90 valence electrons. The minimum atomic E-state index is -0.611. The second kappa shape index (κ2) is 5.89. The van der Waals surface area contributed by atoms with Crippen LogP contribution in [0, 0.1) is 11.6 Å². The van der Waals surface area contributed by atoms with Crippen LogP contribution in [0.15, 0.2) is 18.2 Å². The molecule has 0 radical (unpaired) electrons. The van der Waals surface area contributed by atoms with Crippen molar-refractivity contribution in [3.8, 4) is 0 Å². The van der Waals surface area contributed by atoms with Crippen molar-refractivity contribution in [1.82, 2.24) is 5.43 Å². The summed E-state index contributed by atoms with van der Waals surface area (Å²) >= 11 is 0. The Morgan fingerprint density at radius 2 is 1.88 bits per heavy atom. The van der Waals surface area contributed by atoms with Crippen molar-refractivity contribution in [2.75, 3.05) is 7.11 Å². The SMILES string of the molecule is COC(C)CC(NN)c1cc(F)cc(F)c1. The molecule has 1 rings (SSSR count). The zero-order chi connectivity index (χ0) is 12.1. The molecule has 3 N–H and O–H groups in total. The molecule has 0 heterocycles. The van der Waals surface area contributed by atoms with Crippen LogP contribution in [0.2, 0.25) is 0 Å². The quantitative estimate of drug-likeness (QED) is 0.600. The van der Waals surface area contributed by atoms with Crippen molar-refractivity contribution in [2.45, 2.75) is 25.5 Å². The molecule has 5 heteroatoms. The molecule has 1 aromatic carbocycles. The largest absolute Gasteiger partial charge is 0.382 e. The molecule has 1 aromatic rings. The van der Waals surface area contributed by atoms with Gasteiger partial charge in [-0.05, 0) is 31.0 Å². The van der Waals surface area contributed by atoms with Crippen LogP contribution >= 0.6 is 0 Å². The predicted octanol–water partition coefficient (Wildman–Crippen LogP) is 1.89. The minimum Gasteiger partial charge on any atom is -0.382 e. The first-order valence-electron chi connectivity index (χ1n) is 5.01. The molecule has 3 nitrogen and oxygen atoms in total.